The van der Waals surface area contributed by atoms with Crippen molar-refractivity contribution in [2.24, 2.45) is 5.41 Å². The van der Waals surface area contributed by atoms with Crippen LogP contribution in [0.25, 0.3) is 0 Å². The number of aromatic nitrogens is 1. The highest BCUT2D eigenvalue weighted by atomic mass is 19.1. The van der Waals surface area contributed by atoms with Crippen LogP contribution in [0.3, 0.4) is 0 Å². The fraction of sp³-hybridized carbons (Fsp3) is 0.462. The summed E-state index contributed by atoms with van der Waals surface area (Å²) in [4.78, 5) is 17.3. The molecule has 2 heterocycles. The molecular weight excluding hydrogens is 233 g/mol. The van der Waals surface area contributed by atoms with Crippen molar-refractivity contribution in [2.45, 2.75) is 19.8 Å². The highest BCUT2D eigenvalue weighted by molar-refractivity contribution is 5.92. The van der Waals surface area contributed by atoms with Gasteiger partial charge in [-0.2, -0.15) is 9.65 Å². The van der Waals surface area contributed by atoms with Crippen LogP contribution in [0, 0.1) is 22.7 Å². The lowest BCUT2D eigenvalue weighted by molar-refractivity contribution is 0.0654. The molecule has 0 spiro atoms. The zero-order chi connectivity index (χ0) is 13.2. The molecule has 1 aromatic rings. The van der Waals surface area contributed by atoms with E-state index in [2.05, 4.69) is 11.1 Å². The average Bonchev–Trinajstić information content (AvgIpc) is 2.39. The number of piperidine rings is 1. The molecule has 0 N–H and O–H groups in total. The molecule has 0 atom stereocenters. The smallest absolute Gasteiger partial charge is 0.272 e. The van der Waals surface area contributed by atoms with Crippen molar-refractivity contribution < 1.29 is 9.18 Å². The number of carbonyl (C=O) groups excluding carboxylic acids is 1. The zero-order valence-electron chi connectivity index (χ0n) is 10.2. The second-order valence-electron chi connectivity index (χ2n) is 4.81. The Bertz CT molecular complexity index is 501. The molecule has 18 heavy (non-hydrogen) atoms. The molecule has 1 aliphatic heterocycles. The number of nitrogens with zero attached hydrogens (tertiary/aromatic N) is 3. The topological polar surface area (TPSA) is 57.0 Å². The van der Waals surface area contributed by atoms with Gasteiger partial charge in [0, 0.05) is 13.1 Å². The number of halogens is 1. The molecular formula is C13H14FN3O. The van der Waals surface area contributed by atoms with Crippen molar-refractivity contribution >= 4 is 5.91 Å². The molecule has 1 aromatic heterocycles. The minimum Gasteiger partial charge on any atom is -0.337 e. The van der Waals surface area contributed by atoms with E-state index >= 15 is 0 Å². The Labute approximate surface area is 105 Å². The third kappa shape index (κ3) is 2.48. The van der Waals surface area contributed by atoms with Crippen LogP contribution in [-0.4, -0.2) is 28.9 Å². The van der Waals surface area contributed by atoms with E-state index in [-0.39, 0.29) is 17.0 Å². The van der Waals surface area contributed by atoms with E-state index in [1.807, 2.05) is 6.92 Å². The monoisotopic (exact) mass is 247 g/mol. The maximum atomic E-state index is 12.9. The summed E-state index contributed by atoms with van der Waals surface area (Å²) < 4.78 is 12.9. The van der Waals surface area contributed by atoms with Gasteiger partial charge in [-0.15, -0.1) is 0 Å². The number of nitriles is 1. The fourth-order valence-corrected chi connectivity index (χ4v) is 2.00. The highest BCUT2D eigenvalue weighted by Crippen LogP contribution is 2.30. The van der Waals surface area contributed by atoms with Gasteiger partial charge < -0.3 is 4.90 Å². The molecule has 0 radical (unpaired) electrons. The molecule has 0 bridgehead atoms. The predicted molar refractivity (Wildman–Crippen MR) is 63.1 cm³/mol. The summed E-state index contributed by atoms with van der Waals surface area (Å²) in [6, 6.07) is 6.46. The molecule has 1 aliphatic rings. The van der Waals surface area contributed by atoms with E-state index < -0.39 is 5.95 Å². The predicted octanol–water partition coefficient (Wildman–Crippen LogP) is 1.99. The van der Waals surface area contributed by atoms with Crippen molar-refractivity contribution in [2.75, 3.05) is 13.1 Å². The van der Waals surface area contributed by atoms with E-state index in [0.717, 1.165) is 0 Å². The minimum absolute atomic E-state index is 0.121. The van der Waals surface area contributed by atoms with Crippen LogP contribution >= 0.6 is 0 Å². The van der Waals surface area contributed by atoms with Crippen molar-refractivity contribution in [1.82, 2.24) is 9.88 Å². The summed E-state index contributed by atoms with van der Waals surface area (Å²) >= 11 is 0. The first-order valence-corrected chi connectivity index (χ1v) is 5.87. The van der Waals surface area contributed by atoms with Crippen LogP contribution in [0.2, 0.25) is 0 Å². The molecule has 0 unspecified atom stereocenters. The summed E-state index contributed by atoms with van der Waals surface area (Å²) in [6.07, 6.45) is 1.29. The molecule has 1 saturated heterocycles. The van der Waals surface area contributed by atoms with Crippen molar-refractivity contribution in [3.63, 3.8) is 0 Å². The van der Waals surface area contributed by atoms with Crippen molar-refractivity contribution in [1.29, 1.82) is 5.26 Å². The van der Waals surface area contributed by atoms with Gasteiger partial charge in [0.15, 0.2) is 0 Å². The first-order chi connectivity index (χ1) is 8.54. The lowest BCUT2D eigenvalue weighted by Gasteiger charge is -2.34. The summed E-state index contributed by atoms with van der Waals surface area (Å²) in [5, 5.41) is 9.01. The first kappa shape index (κ1) is 12.5. The molecule has 94 valence electrons. The number of pyridine rings is 1. The van der Waals surface area contributed by atoms with Gasteiger partial charge in [-0.3, -0.25) is 4.79 Å². The van der Waals surface area contributed by atoms with Crippen LogP contribution in [-0.2, 0) is 0 Å². The largest absolute Gasteiger partial charge is 0.337 e. The lowest BCUT2D eigenvalue weighted by atomic mass is 9.82. The third-order valence-electron chi connectivity index (χ3n) is 3.36. The summed E-state index contributed by atoms with van der Waals surface area (Å²) in [7, 11) is 0. The van der Waals surface area contributed by atoms with Gasteiger partial charge in [-0.05, 0) is 31.9 Å². The molecule has 4 nitrogen and oxygen atoms in total. The van der Waals surface area contributed by atoms with Gasteiger partial charge in [-0.25, -0.2) is 4.98 Å². The Balaban J connectivity index is 2.07. The fourth-order valence-electron chi connectivity index (χ4n) is 2.00. The standard InChI is InChI=1S/C13H14FN3O/c1-13(9-15)5-7-17(8-6-13)12(18)10-3-2-4-11(14)16-10/h2-4H,5-8H2,1H3. The minimum atomic E-state index is -0.653. The third-order valence-corrected chi connectivity index (χ3v) is 3.36. The maximum Gasteiger partial charge on any atom is 0.272 e. The average molecular weight is 247 g/mol. The Kier molecular flexibility index (Phi) is 3.28. The number of likely N-dealkylation sites (tertiary alicyclic amines) is 1. The van der Waals surface area contributed by atoms with E-state index in [1.165, 1.54) is 18.2 Å². The lowest BCUT2D eigenvalue weighted by Crippen LogP contribution is -2.42. The Morgan fingerprint density at radius 3 is 2.72 bits per heavy atom. The summed E-state index contributed by atoms with van der Waals surface area (Å²) in [5.74, 6) is -0.922. The molecule has 1 amide bonds. The number of amides is 1. The van der Waals surface area contributed by atoms with Gasteiger partial charge in [0.25, 0.3) is 5.91 Å². The molecule has 0 aromatic carbocycles. The van der Waals surface area contributed by atoms with Gasteiger partial charge in [0.1, 0.15) is 5.69 Å². The van der Waals surface area contributed by atoms with Crippen molar-refractivity contribution in [3.8, 4) is 6.07 Å². The number of hydrogen-bond donors (Lipinski definition) is 0. The molecule has 2 rings (SSSR count). The molecule has 0 saturated carbocycles. The zero-order valence-corrected chi connectivity index (χ0v) is 10.2. The quantitative estimate of drug-likeness (QED) is 0.713. The van der Waals surface area contributed by atoms with Crippen LogP contribution in [0.15, 0.2) is 18.2 Å². The van der Waals surface area contributed by atoms with Crippen molar-refractivity contribution in [3.05, 3.63) is 29.8 Å². The van der Waals surface area contributed by atoms with Crippen LogP contribution in [0.1, 0.15) is 30.3 Å². The maximum absolute atomic E-state index is 12.9. The van der Waals surface area contributed by atoms with E-state index in [1.54, 1.807) is 4.90 Å². The molecule has 5 heteroatoms. The van der Waals surface area contributed by atoms with Gasteiger partial charge >= 0.3 is 0 Å². The van der Waals surface area contributed by atoms with Gasteiger partial charge in [0.05, 0.1) is 11.5 Å². The highest BCUT2D eigenvalue weighted by Gasteiger charge is 2.32. The SMILES string of the molecule is CC1(C#N)CCN(C(=O)c2cccc(F)n2)CC1. The van der Waals surface area contributed by atoms with E-state index in [9.17, 15) is 9.18 Å². The van der Waals surface area contributed by atoms with Crippen LogP contribution < -0.4 is 0 Å². The number of hydrogen-bond acceptors (Lipinski definition) is 3. The van der Waals surface area contributed by atoms with Crippen LogP contribution in [0.5, 0.6) is 0 Å². The summed E-state index contributed by atoms with van der Waals surface area (Å²) in [5.41, 5.74) is -0.234. The van der Waals surface area contributed by atoms with E-state index in [4.69, 9.17) is 5.26 Å². The second kappa shape index (κ2) is 4.73. The van der Waals surface area contributed by atoms with E-state index in [0.29, 0.717) is 25.9 Å². The molecule has 0 aliphatic carbocycles. The summed E-state index contributed by atoms with van der Waals surface area (Å²) in [6.45, 7) is 2.93. The number of rotatable bonds is 1. The Hall–Kier alpha value is -1.96. The second-order valence-corrected chi connectivity index (χ2v) is 4.81. The van der Waals surface area contributed by atoms with Gasteiger partial charge in [0.2, 0.25) is 5.95 Å². The van der Waals surface area contributed by atoms with Gasteiger partial charge in [-0.1, -0.05) is 6.07 Å². The normalized spacial score (nSPS) is 18.2. The Morgan fingerprint density at radius 2 is 2.17 bits per heavy atom. The first-order valence-electron chi connectivity index (χ1n) is 5.87. The Morgan fingerprint density at radius 1 is 1.50 bits per heavy atom. The van der Waals surface area contributed by atoms with Crippen LogP contribution in [0.4, 0.5) is 4.39 Å². The number of carbonyl (C=O) groups is 1. The molecule has 1 fully saturated rings.